The number of nitrogens with one attached hydrogen (secondary N) is 1. The molecule has 2 aliphatic rings. The molecule has 8 heteroatoms. The topological polar surface area (TPSA) is 89.4 Å². The van der Waals surface area contributed by atoms with Gasteiger partial charge in [0, 0.05) is 19.6 Å². The number of aromatic nitrogens is 3. The first-order valence-electron chi connectivity index (χ1n) is 11.8. The van der Waals surface area contributed by atoms with E-state index in [-0.39, 0.29) is 23.8 Å². The number of likely N-dealkylation sites (tertiary alicyclic amines) is 1. The van der Waals surface area contributed by atoms with Gasteiger partial charge in [-0.2, -0.15) is 0 Å². The maximum Gasteiger partial charge on any atom is 0.255 e. The lowest BCUT2D eigenvalue weighted by Gasteiger charge is -2.41. The van der Waals surface area contributed by atoms with Gasteiger partial charge in [-0.15, -0.1) is 5.10 Å². The number of ether oxygens (including phenoxy) is 1. The first-order chi connectivity index (χ1) is 16.6. The van der Waals surface area contributed by atoms with Crippen molar-refractivity contribution in [3.8, 4) is 5.75 Å². The average Bonchev–Trinajstić information content (AvgIpc) is 3.27. The van der Waals surface area contributed by atoms with Gasteiger partial charge in [0.2, 0.25) is 5.91 Å². The van der Waals surface area contributed by atoms with Crippen molar-refractivity contribution >= 4 is 22.8 Å². The molecule has 0 atom stereocenters. The second-order valence-electron chi connectivity index (χ2n) is 9.11. The van der Waals surface area contributed by atoms with Crippen LogP contribution in [0.4, 0.5) is 0 Å². The number of para-hydroxylation sites is 2. The highest BCUT2D eigenvalue weighted by Crippen LogP contribution is 2.35. The van der Waals surface area contributed by atoms with Crippen molar-refractivity contribution in [1.82, 2.24) is 25.2 Å². The molecule has 8 nitrogen and oxygen atoms in total. The van der Waals surface area contributed by atoms with Crippen LogP contribution in [0.1, 0.15) is 36.0 Å². The van der Waals surface area contributed by atoms with Crippen LogP contribution in [0.2, 0.25) is 0 Å². The molecule has 5 rings (SSSR count). The highest BCUT2D eigenvalue weighted by atomic mass is 16.5. The summed E-state index contributed by atoms with van der Waals surface area (Å²) in [5.74, 6) is 0.546. The molecule has 0 radical (unpaired) electrons. The number of benzene rings is 2. The fourth-order valence-electron chi connectivity index (χ4n) is 4.78. The minimum atomic E-state index is -0.115. The van der Waals surface area contributed by atoms with Gasteiger partial charge in [-0.3, -0.25) is 9.59 Å². The number of fused-ring (bicyclic) bond motifs is 2. The van der Waals surface area contributed by atoms with Crippen LogP contribution in [0.3, 0.4) is 0 Å². The van der Waals surface area contributed by atoms with Gasteiger partial charge in [-0.05, 0) is 55.4 Å². The average molecular weight is 460 g/mol. The van der Waals surface area contributed by atoms with Crippen LogP contribution in [0.25, 0.3) is 11.0 Å². The predicted molar refractivity (Wildman–Crippen MR) is 128 cm³/mol. The zero-order valence-corrected chi connectivity index (χ0v) is 19.2. The molecule has 1 spiro atoms. The molecule has 2 aliphatic heterocycles. The number of rotatable bonds is 2. The zero-order valence-electron chi connectivity index (χ0n) is 19.2. The van der Waals surface area contributed by atoms with Gasteiger partial charge in [0.1, 0.15) is 17.8 Å². The van der Waals surface area contributed by atoms with Crippen molar-refractivity contribution in [2.45, 2.75) is 32.2 Å². The largest absolute Gasteiger partial charge is 0.492 e. The van der Waals surface area contributed by atoms with Crippen LogP contribution in [0.15, 0.2) is 60.7 Å². The van der Waals surface area contributed by atoms with Gasteiger partial charge >= 0.3 is 0 Å². The van der Waals surface area contributed by atoms with Crippen molar-refractivity contribution in [3.63, 3.8) is 0 Å². The van der Waals surface area contributed by atoms with Gasteiger partial charge in [0.05, 0.1) is 17.7 Å². The first kappa shape index (κ1) is 22.1. The molecule has 176 valence electrons. The maximum absolute atomic E-state index is 13.0. The fraction of sp³-hybridized carbons (Fsp3) is 0.385. The van der Waals surface area contributed by atoms with E-state index in [2.05, 4.69) is 27.8 Å². The molecule has 3 aromatic rings. The van der Waals surface area contributed by atoms with E-state index in [1.807, 2.05) is 47.4 Å². The molecular formula is C26H29N5O3. The summed E-state index contributed by atoms with van der Waals surface area (Å²) >= 11 is 0. The minimum absolute atomic E-state index is 0.0457. The Morgan fingerprint density at radius 2 is 1.85 bits per heavy atom. The molecule has 34 heavy (non-hydrogen) atoms. The third kappa shape index (κ3) is 4.66. The highest BCUT2D eigenvalue weighted by Gasteiger charge is 2.36. The molecule has 1 saturated heterocycles. The lowest BCUT2D eigenvalue weighted by Crippen LogP contribution is -2.48. The Bertz CT molecular complexity index is 1210. The van der Waals surface area contributed by atoms with Crippen LogP contribution in [-0.4, -0.2) is 57.9 Å². The van der Waals surface area contributed by atoms with E-state index in [9.17, 15) is 9.59 Å². The highest BCUT2D eigenvalue weighted by molar-refractivity contribution is 5.96. The van der Waals surface area contributed by atoms with Gasteiger partial charge in [0.25, 0.3) is 5.91 Å². The molecule has 0 unspecified atom stereocenters. The predicted octanol–water partition coefficient (Wildman–Crippen LogP) is 3.20. The normalized spacial score (nSPS) is 19.4. The van der Waals surface area contributed by atoms with Crippen molar-refractivity contribution in [1.29, 1.82) is 0 Å². The summed E-state index contributed by atoms with van der Waals surface area (Å²) in [6.07, 6.45) is 7.68. The van der Waals surface area contributed by atoms with E-state index in [1.54, 1.807) is 10.7 Å². The lowest BCUT2D eigenvalue weighted by atomic mass is 9.75. The van der Waals surface area contributed by atoms with E-state index >= 15 is 0 Å². The summed E-state index contributed by atoms with van der Waals surface area (Å²) in [4.78, 5) is 27.8. The lowest BCUT2D eigenvalue weighted by molar-refractivity contribution is -0.134. The van der Waals surface area contributed by atoms with Gasteiger partial charge in [-0.25, -0.2) is 4.68 Å². The number of carbonyl (C=O) groups is 2. The fourth-order valence-corrected chi connectivity index (χ4v) is 4.78. The molecule has 1 N–H and O–H groups in total. The Balaban J connectivity index is 1.25. The van der Waals surface area contributed by atoms with Crippen LogP contribution in [0, 0.1) is 5.41 Å². The molecule has 3 heterocycles. The summed E-state index contributed by atoms with van der Waals surface area (Å²) in [6.45, 7) is 2.61. The number of carbonyl (C=O) groups excluding carboxylic acids is 2. The van der Waals surface area contributed by atoms with Crippen LogP contribution in [-0.2, 0) is 11.3 Å². The van der Waals surface area contributed by atoms with Crippen molar-refractivity contribution < 1.29 is 14.3 Å². The van der Waals surface area contributed by atoms with Crippen molar-refractivity contribution in [2.75, 3.05) is 26.2 Å². The number of piperidine rings is 1. The van der Waals surface area contributed by atoms with E-state index in [1.165, 1.54) is 0 Å². The molecule has 2 aromatic carbocycles. The van der Waals surface area contributed by atoms with E-state index in [0.717, 1.165) is 36.7 Å². The summed E-state index contributed by atoms with van der Waals surface area (Å²) in [5, 5.41) is 11.4. The van der Waals surface area contributed by atoms with E-state index < -0.39 is 0 Å². The molecule has 1 fully saturated rings. The van der Waals surface area contributed by atoms with Crippen LogP contribution >= 0.6 is 0 Å². The van der Waals surface area contributed by atoms with Crippen LogP contribution < -0.4 is 10.1 Å². The summed E-state index contributed by atoms with van der Waals surface area (Å²) in [6, 6.07) is 15.0. The van der Waals surface area contributed by atoms with E-state index in [4.69, 9.17) is 4.74 Å². The molecule has 0 bridgehead atoms. The number of allylic oxidation sites excluding steroid dienone is 1. The Morgan fingerprint density at radius 3 is 2.74 bits per heavy atom. The molecule has 0 aliphatic carbocycles. The zero-order chi connectivity index (χ0) is 23.4. The smallest absolute Gasteiger partial charge is 0.255 e. The SMILES string of the molecule is O=C1NCC2(C/C=C/CCOc3ccccc31)CCN(C(=O)Cn1nnc3ccccc31)CC2. The third-order valence-corrected chi connectivity index (χ3v) is 6.90. The van der Waals surface area contributed by atoms with Crippen molar-refractivity contribution in [2.24, 2.45) is 5.41 Å². The van der Waals surface area contributed by atoms with E-state index in [0.29, 0.717) is 37.6 Å². The maximum atomic E-state index is 13.0. The quantitative estimate of drug-likeness (QED) is 0.595. The molecule has 0 saturated carbocycles. The second kappa shape index (κ2) is 9.67. The monoisotopic (exact) mass is 459 g/mol. The molecular weight excluding hydrogens is 430 g/mol. The molecule has 2 amide bonds. The Hall–Kier alpha value is -3.68. The van der Waals surface area contributed by atoms with Crippen molar-refractivity contribution in [3.05, 3.63) is 66.2 Å². The van der Waals surface area contributed by atoms with Gasteiger partial charge in [0.15, 0.2) is 0 Å². The standard InChI is InChI=1S/C26H29N5O3/c32-24(18-31-22-10-4-3-9-21(22)28-29-31)30-15-13-26(14-16-30)12-6-1-7-17-34-23-11-5-2-8-20(23)25(33)27-19-26/h1-6,8-11H,7,12-19H2,(H,27,33)/b6-1+. The summed E-state index contributed by atoms with van der Waals surface area (Å²) in [5.41, 5.74) is 2.14. The third-order valence-electron chi connectivity index (χ3n) is 6.90. The minimum Gasteiger partial charge on any atom is -0.492 e. The summed E-state index contributed by atoms with van der Waals surface area (Å²) in [7, 11) is 0. The number of nitrogens with zero attached hydrogens (tertiary/aromatic N) is 4. The number of amides is 2. The summed E-state index contributed by atoms with van der Waals surface area (Å²) < 4.78 is 7.48. The molecule has 1 aromatic heterocycles. The Labute approximate surface area is 198 Å². The first-order valence-corrected chi connectivity index (χ1v) is 11.8. The van der Waals surface area contributed by atoms with Gasteiger partial charge in [-0.1, -0.05) is 41.6 Å². The number of hydrogen-bond donors (Lipinski definition) is 1. The Kier molecular flexibility index (Phi) is 6.29. The van der Waals surface area contributed by atoms with Crippen LogP contribution in [0.5, 0.6) is 5.75 Å². The second-order valence-corrected chi connectivity index (χ2v) is 9.11. The Morgan fingerprint density at radius 1 is 1.06 bits per heavy atom. The van der Waals surface area contributed by atoms with Gasteiger partial charge < -0.3 is 15.0 Å². The number of hydrogen-bond acceptors (Lipinski definition) is 5.